The van der Waals surface area contributed by atoms with Gasteiger partial charge < -0.3 is 15.0 Å². The summed E-state index contributed by atoms with van der Waals surface area (Å²) in [6.07, 6.45) is 1.72. The van der Waals surface area contributed by atoms with E-state index in [-0.39, 0.29) is 11.8 Å². The number of β-lactam (4-membered cyclic amide) rings is 1. The summed E-state index contributed by atoms with van der Waals surface area (Å²) in [5.74, 6) is -0.449. The predicted octanol–water partition coefficient (Wildman–Crippen LogP) is 0.675. The molecule has 0 radical (unpaired) electrons. The Hall–Kier alpha value is -2.67. The van der Waals surface area contributed by atoms with Crippen molar-refractivity contribution in [2.45, 2.75) is 12.6 Å². The molecule has 0 bridgehead atoms. The molecule has 3 rings (SSSR count). The molecule has 7 nitrogen and oxygen atoms in total. The van der Waals surface area contributed by atoms with Crippen molar-refractivity contribution in [2.75, 3.05) is 25.2 Å². The second kappa shape index (κ2) is 6.62. The van der Waals surface area contributed by atoms with Crippen LogP contribution in [0.2, 0.25) is 0 Å². The van der Waals surface area contributed by atoms with E-state index in [9.17, 15) is 9.59 Å². The van der Waals surface area contributed by atoms with E-state index in [2.05, 4.69) is 10.4 Å². The second-order valence-corrected chi connectivity index (χ2v) is 5.27. The number of rotatable bonds is 6. The predicted molar refractivity (Wildman–Crippen MR) is 84.2 cm³/mol. The topological polar surface area (TPSA) is 76.5 Å². The normalized spacial score (nSPS) is 17.0. The zero-order chi connectivity index (χ0) is 16.2. The van der Waals surface area contributed by atoms with Gasteiger partial charge in [-0.1, -0.05) is 18.2 Å². The van der Waals surface area contributed by atoms with Crippen molar-refractivity contribution in [1.29, 1.82) is 0 Å². The number of carbonyl (C=O) groups is 2. The number of hydrogen-bond acceptors (Lipinski definition) is 4. The minimum atomic E-state index is -0.494. The molecule has 0 unspecified atom stereocenters. The molecule has 1 saturated heterocycles. The Kier molecular flexibility index (Phi) is 4.38. The first-order valence-corrected chi connectivity index (χ1v) is 7.38. The van der Waals surface area contributed by atoms with Crippen molar-refractivity contribution >= 4 is 17.5 Å². The number of nitrogens with zero attached hydrogens (tertiary/aromatic N) is 3. The smallest absolute Gasteiger partial charge is 0.272 e. The molecule has 2 aromatic rings. The Morgan fingerprint density at radius 3 is 2.83 bits per heavy atom. The number of carbonyl (C=O) groups excluding carboxylic acids is 2. The molecule has 1 N–H and O–H groups in total. The van der Waals surface area contributed by atoms with Crippen molar-refractivity contribution < 1.29 is 14.3 Å². The summed E-state index contributed by atoms with van der Waals surface area (Å²) in [5, 5.41) is 6.88. The second-order valence-electron chi connectivity index (χ2n) is 5.27. The highest BCUT2D eigenvalue weighted by Gasteiger charge is 2.38. The maximum atomic E-state index is 12.1. The Morgan fingerprint density at radius 1 is 1.35 bits per heavy atom. The van der Waals surface area contributed by atoms with Crippen LogP contribution in [0.4, 0.5) is 5.69 Å². The van der Waals surface area contributed by atoms with E-state index in [1.807, 2.05) is 30.3 Å². The van der Waals surface area contributed by atoms with Gasteiger partial charge in [-0.15, -0.1) is 0 Å². The van der Waals surface area contributed by atoms with Gasteiger partial charge in [0, 0.05) is 19.0 Å². The lowest BCUT2D eigenvalue weighted by Gasteiger charge is -2.38. The SMILES string of the molecule is COCCn1ccc(C(=O)N[C@@H]2CN(c3ccccc3)C2=O)n1. The third-order valence-electron chi connectivity index (χ3n) is 3.70. The van der Waals surface area contributed by atoms with Gasteiger partial charge >= 0.3 is 0 Å². The fourth-order valence-corrected chi connectivity index (χ4v) is 2.40. The van der Waals surface area contributed by atoms with Crippen LogP contribution in [0, 0.1) is 0 Å². The Bertz CT molecular complexity index is 698. The number of amides is 2. The summed E-state index contributed by atoms with van der Waals surface area (Å²) in [6, 6.07) is 10.5. The van der Waals surface area contributed by atoms with Gasteiger partial charge in [0.2, 0.25) is 0 Å². The number of anilines is 1. The number of para-hydroxylation sites is 1. The zero-order valence-electron chi connectivity index (χ0n) is 12.8. The van der Waals surface area contributed by atoms with Gasteiger partial charge in [-0.05, 0) is 18.2 Å². The van der Waals surface area contributed by atoms with Crippen LogP contribution < -0.4 is 10.2 Å². The van der Waals surface area contributed by atoms with Crippen LogP contribution in [0.1, 0.15) is 10.5 Å². The first-order valence-electron chi connectivity index (χ1n) is 7.38. The molecule has 23 heavy (non-hydrogen) atoms. The van der Waals surface area contributed by atoms with Crippen molar-refractivity contribution in [1.82, 2.24) is 15.1 Å². The van der Waals surface area contributed by atoms with Crippen LogP contribution in [-0.4, -0.2) is 47.9 Å². The van der Waals surface area contributed by atoms with E-state index in [0.717, 1.165) is 5.69 Å². The highest BCUT2D eigenvalue weighted by atomic mass is 16.5. The van der Waals surface area contributed by atoms with Crippen molar-refractivity contribution in [2.24, 2.45) is 0 Å². The zero-order valence-corrected chi connectivity index (χ0v) is 12.8. The summed E-state index contributed by atoms with van der Waals surface area (Å²) < 4.78 is 6.60. The van der Waals surface area contributed by atoms with Crippen LogP contribution in [0.3, 0.4) is 0 Å². The van der Waals surface area contributed by atoms with E-state index in [4.69, 9.17) is 4.74 Å². The highest BCUT2D eigenvalue weighted by Crippen LogP contribution is 2.21. The summed E-state index contributed by atoms with van der Waals surface area (Å²) in [5.41, 5.74) is 1.14. The summed E-state index contributed by atoms with van der Waals surface area (Å²) >= 11 is 0. The van der Waals surface area contributed by atoms with Crippen molar-refractivity contribution in [3.63, 3.8) is 0 Å². The van der Waals surface area contributed by atoms with Crippen LogP contribution >= 0.6 is 0 Å². The van der Waals surface area contributed by atoms with Crippen molar-refractivity contribution in [3.8, 4) is 0 Å². The molecule has 1 aromatic heterocycles. The van der Waals surface area contributed by atoms with Crippen LogP contribution in [0.15, 0.2) is 42.6 Å². The van der Waals surface area contributed by atoms with Crippen LogP contribution in [0.5, 0.6) is 0 Å². The van der Waals surface area contributed by atoms with Gasteiger partial charge in [0.25, 0.3) is 11.8 Å². The molecule has 1 aromatic carbocycles. The average molecular weight is 314 g/mol. The molecule has 1 atom stereocenters. The number of benzene rings is 1. The average Bonchev–Trinajstić information content (AvgIpc) is 3.05. The molecule has 1 fully saturated rings. The molecular formula is C16H18N4O3. The Balaban J connectivity index is 1.55. The molecule has 0 aliphatic carbocycles. The third-order valence-corrected chi connectivity index (χ3v) is 3.70. The molecule has 2 heterocycles. The number of nitrogens with one attached hydrogen (secondary N) is 1. The fourth-order valence-electron chi connectivity index (χ4n) is 2.40. The minimum Gasteiger partial charge on any atom is -0.383 e. The number of aromatic nitrogens is 2. The number of hydrogen-bond donors (Lipinski definition) is 1. The van der Waals surface area contributed by atoms with E-state index >= 15 is 0 Å². The largest absolute Gasteiger partial charge is 0.383 e. The Morgan fingerprint density at radius 2 is 2.13 bits per heavy atom. The molecule has 0 spiro atoms. The first kappa shape index (κ1) is 15.2. The maximum absolute atomic E-state index is 12.1. The lowest BCUT2D eigenvalue weighted by atomic mass is 10.1. The van der Waals surface area contributed by atoms with Gasteiger partial charge in [0.05, 0.1) is 19.7 Å². The van der Waals surface area contributed by atoms with Crippen LogP contribution in [0.25, 0.3) is 0 Å². The molecule has 7 heteroatoms. The third kappa shape index (κ3) is 3.24. The molecule has 1 aliphatic heterocycles. The first-order chi connectivity index (χ1) is 11.2. The van der Waals surface area contributed by atoms with E-state index in [0.29, 0.717) is 25.4 Å². The lowest BCUT2D eigenvalue weighted by molar-refractivity contribution is -0.124. The minimum absolute atomic E-state index is 0.108. The summed E-state index contributed by atoms with van der Waals surface area (Å²) in [6.45, 7) is 1.57. The quantitative estimate of drug-likeness (QED) is 0.795. The van der Waals surface area contributed by atoms with E-state index < -0.39 is 6.04 Å². The molecule has 1 aliphatic rings. The summed E-state index contributed by atoms with van der Waals surface area (Å²) in [7, 11) is 1.61. The van der Waals surface area contributed by atoms with Gasteiger partial charge in [-0.3, -0.25) is 14.3 Å². The van der Waals surface area contributed by atoms with Gasteiger partial charge in [-0.25, -0.2) is 0 Å². The summed E-state index contributed by atoms with van der Waals surface area (Å²) in [4.78, 5) is 25.9. The van der Waals surface area contributed by atoms with Crippen molar-refractivity contribution in [3.05, 3.63) is 48.3 Å². The van der Waals surface area contributed by atoms with Gasteiger partial charge in [0.1, 0.15) is 11.7 Å². The van der Waals surface area contributed by atoms with Gasteiger partial charge in [-0.2, -0.15) is 5.10 Å². The standard InChI is InChI=1S/C16H18N4O3/c1-23-10-9-19-8-7-13(18-19)15(21)17-14-11-20(16(14)22)12-5-3-2-4-6-12/h2-8,14H,9-11H2,1H3,(H,17,21)/t14-/m1/s1. The monoisotopic (exact) mass is 314 g/mol. The fraction of sp³-hybridized carbons (Fsp3) is 0.312. The Labute approximate surface area is 133 Å². The highest BCUT2D eigenvalue weighted by molar-refractivity contribution is 6.07. The molecule has 120 valence electrons. The van der Waals surface area contributed by atoms with Crippen LogP contribution in [-0.2, 0) is 16.1 Å². The van der Waals surface area contributed by atoms with E-state index in [1.165, 1.54) is 0 Å². The lowest BCUT2D eigenvalue weighted by Crippen LogP contribution is -2.64. The molecule has 2 amide bonds. The number of methoxy groups -OCH3 is 1. The maximum Gasteiger partial charge on any atom is 0.272 e. The van der Waals surface area contributed by atoms with Gasteiger partial charge in [0.15, 0.2) is 0 Å². The molecular weight excluding hydrogens is 296 g/mol. The molecule has 0 saturated carbocycles. The number of ether oxygens (including phenoxy) is 1. The van der Waals surface area contributed by atoms with E-state index in [1.54, 1.807) is 29.0 Å².